The Hall–Kier alpha value is -3.46. The van der Waals surface area contributed by atoms with Gasteiger partial charge in [0.25, 0.3) is 11.6 Å². The van der Waals surface area contributed by atoms with Crippen molar-refractivity contribution in [3.8, 4) is 0 Å². The lowest BCUT2D eigenvalue weighted by molar-refractivity contribution is -0.385. The minimum Gasteiger partial charge on any atom is -0.322 e. The quantitative estimate of drug-likeness (QED) is 0.286. The Labute approximate surface area is 165 Å². The number of para-hydroxylation sites is 3. The zero-order valence-electron chi connectivity index (χ0n) is 15.0. The van der Waals surface area contributed by atoms with Crippen molar-refractivity contribution in [3.63, 3.8) is 0 Å². The zero-order valence-corrected chi connectivity index (χ0v) is 15.8. The van der Waals surface area contributed by atoms with Crippen LogP contribution in [0.5, 0.6) is 0 Å². The topological polar surface area (TPSA) is 102 Å². The second-order valence-corrected chi connectivity index (χ2v) is 6.66. The molecule has 0 atom stereocenters. The molecule has 1 aromatic heterocycles. The third-order valence-corrected chi connectivity index (χ3v) is 4.87. The largest absolute Gasteiger partial charge is 0.322 e. The molecule has 0 bridgehead atoms. The summed E-state index contributed by atoms with van der Waals surface area (Å²) in [6.07, 6.45) is 4.46. The number of aryl methyl sites for hydroxylation is 1. The maximum atomic E-state index is 11.9. The number of nitrogens with zero attached hydrogens (tertiary/aromatic N) is 4. The Morgan fingerprint density at radius 1 is 1.29 bits per heavy atom. The Morgan fingerprint density at radius 2 is 2.04 bits per heavy atom. The molecule has 3 rings (SSSR count). The van der Waals surface area contributed by atoms with Gasteiger partial charge in [0.1, 0.15) is 0 Å². The molecule has 0 aliphatic rings. The number of nitro groups is 1. The highest BCUT2D eigenvalue weighted by Gasteiger charge is 2.10. The Morgan fingerprint density at radius 3 is 2.82 bits per heavy atom. The molecule has 1 heterocycles. The van der Waals surface area contributed by atoms with Crippen molar-refractivity contribution in [3.05, 3.63) is 70.3 Å². The Kier molecular flexibility index (Phi) is 6.18. The van der Waals surface area contributed by atoms with Crippen molar-refractivity contribution in [2.24, 2.45) is 12.1 Å². The number of hydrogen-bond donors (Lipinski definition) is 1. The van der Waals surface area contributed by atoms with Gasteiger partial charge in [-0.05, 0) is 30.4 Å². The fourth-order valence-corrected chi connectivity index (χ4v) is 3.29. The van der Waals surface area contributed by atoms with Crippen LogP contribution in [-0.4, -0.2) is 32.3 Å². The minimum atomic E-state index is -0.448. The van der Waals surface area contributed by atoms with E-state index < -0.39 is 4.92 Å². The van der Waals surface area contributed by atoms with E-state index in [0.717, 1.165) is 16.2 Å². The summed E-state index contributed by atoms with van der Waals surface area (Å²) in [4.78, 5) is 26.9. The molecule has 0 spiro atoms. The SMILES string of the molecule is Cn1c(SCC(=O)N/N=C\C=C/c2ccccc2[N+](=O)[O-])nc2ccccc21. The standard InChI is InChI=1S/C19H17N5O3S/c1-23-17-11-5-3-9-15(17)21-19(23)28-13-18(25)22-20-12-6-8-14-7-2-4-10-16(14)24(26)27/h2-12H,13H2,1H3,(H,22,25)/b8-6-,20-12-. The van der Waals surface area contributed by atoms with Gasteiger partial charge in [0.15, 0.2) is 5.16 Å². The van der Waals surface area contributed by atoms with Gasteiger partial charge in [0.05, 0.1) is 27.3 Å². The van der Waals surface area contributed by atoms with Crippen molar-refractivity contribution in [2.75, 3.05) is 5.75 Å². The van der Waals surface area contributed by atoms with Crippen molar-refractivity contribution < 1.29 is 9.72 Å². The van der Waals surface area contributed by atoms with E-state index in [2.05, 4.69) is 15.5 Å². The first-order valence-electron chi connectivity index (χ1n) is 8.32. The van der Waals surface area contributed by atoms with E-state index in [1.165, 1.54) is 30.1 Å². The Bertz CT molecular complexity index is 1070. The minimum absolute atomic E-state index is 0.00930. The average molecular weight is 395 g/mol. The van der Waals surface area contributed by atoms with Gasteiger partial charge in [0, 0.05) is 19.3 Å². The second-order valence-electron chi connectivity index (χ2n) is 5.72. The zero-order chi connectivity index (χ0) is 19.9. The van der Waals surface area contributed by atoms with Crippen molar-refractivity contribution in [2.45, 2.75) is 5.16 Å². The van der Waals surface area contributed by atoms with Gasteiger partial charge in [-0.25, -0.2) is 10.4 Å². The van der Waals surface area contributed by atoms with Crippen LogP contribution in [0.25, 0.3) is 17.1 Å². The number of nitrogens with one attached hydrogen (secondary N) is 1. The monoisotopic (exact) mass is 395 g/mol. The number of rotatable bonds is 7. The van der Waals surface area contributed by atoms with E-state index in [-0.39, 0.29) is 17.3 Å². The molecule has 9 heteroatoms. The molecule has 0 fully saturated rings. The normalized spacial score (nSPS) is 11.5. The fourth-order valence-electron chi connectivity index (χ4n) is 2.51. The number of aromatic nitrogens is 2. The first-order valence-corrected chi connectivity index (χ1v) is 9.31. The highest BCUT2D eigenvalue weighted by atomic mass is 32.2. The summed E-state index contributed by atoms with van der Waals surface area (Å²) in [5.41, 5.74) is 4.77. The fraction of sp³-hybridized carbons (Fsp3) is 0.105. The average Bonchev–Trinajstić information content (AvgIpc) is 3.02. The van der Waals surface area contributed by atoms with Crippen LogP contribution in [0, 0.1) is 10.1 Å². The molecule has 8 nitrogen and oxygen atoms in total. The predicted octanol–water partition coefficient (Wildman–Crippen LogP) is 3.39. The summed E-state index contributed by atoms with van der Waals surface area (Å²) in [6.45, 7) is 0. The van der Waals surface area contributed by atoms with Crippen LogP contribution in [0.3, 0.4) is 0 Å². The number of carbonyl (C=O) groups excluding carboxylic acids is 1. The molecule has 3 aromatic rings. The van der Waals surface area contributed by atoms with Crippen LogP contribution < -0.4 is 5.43 Å². The van der Waals surface area contributed by atoms with Gasteiger partial charge in [-0.15, -0.1) is 0 Å². The second kappa shape index (κ2) is 8.96. The highest BCUT2D eigenvalue weighted by molar-refractivity contribution is 7.99. The summed E-state index contributed by atoms with van der Waals surface area (Å²) in [6, 6.07) is 14.1. The van der Waals surface area contributed by atoms with E-state index in [0.29, 0.717) is 5.56 Å². The number of benzene rings is 2. The number of hydrogen-bond acceptors (Lipinski definition) is 6. The molecule has 0 aliphatic carbocycles. The molecule has 0 saturated heterocycles. The first-order chi connectivity index (χ1) is 13.6. The summed E-state index contributed by atoms with van der Waals surface area (Å²) in [5.74, 6) is -0.102. The molecular weight excluding hydrogens is 378 g/mol. The van der Waals surface area contributed by atoms with E-state index >= 15 is 0 Å². The summed E-state index contributed by atoms with van der Waals surface area (Å²) < 4.78 is 1.94. The number of carbonyl (C=O) groups is 1. The molecule has 0 aliphatic heterocycles. The molecule has 0 radical (unpaired) electrons. The molecule has 0 unspecified atom stereocenters. The van der Waals surface area contributed by atoms with Crippen LogP contribution in [0.2, 0.25) is 0 Å². The number of amides is 1. The van der Waals surface area contributed by atoms with Crippen molar-refractivity contribution in [1.29, 1.82) is 0 Å². The van der Waals surface area contributed by atoms with Crippen LogP contribution in [-0.2, 0) is 11.8 Å². The van der Waals surface area contributed by atoms with Gasteiger partial charge in [-0.2, -0.15) is 5.10 Å². The lowest BCUT2D eigenvalue weighted by Crippen LogP contribution is -2.19. The molecular formula is C19H17N5O3S. The van der Waals surface area contributed by atoms with E-state index in [1.54, 1.807) is 24.3 Å². The molecule has 28 heavy (non-hydrogen) atoms. The number of hydrazone groups is 1. The van der Waals surface area contributed by atoms with Crippen LogP contribution in [0.4, 0.5) is 5.69 Å². The van der Waals surface area contributed by atoms with Crippen LogP contribution in [0.15, 0.2) is 64.9 Å². The highest BCUT2D eigenvalue weighted by Crippen LogP contribution is 2.22. The maximum absolute atomic E-state index is 11.9. The van der Waals surface area contributed by atoms with Crippen molar-refractivity contribution in [1.82, 2.24) is 15.0 Å². The van der Waals surface area contributed by atoms with Gasteiger partial charge < -0.3 is 4.57 Å². The van der Waals surface area contributed by atoms with Crippen LogP contribution >= 0.6 is 11.8 Å². The number of nitro benzene ring substituents is 1. The van der Waals surface area contributed by atoms with Crippen molar-refractivity contribution >= 4 is 46.7 Å². The summed E-state index contributed by atoms with van der Waals surface area (Å²) in [7, 11) is 1.90. The van der Waals surface area contributed by atoms with Gasteiger partial charge in [-0.1, -0.05) is 36.0 Å². The molecule has 142 valence electrons. The molecule has 2 aromatic carbocycles. The molecule has 1 amide bonds. The molecule has 1 N–H and O–H groups in total. The molecule has 0 saturated carbocycles. The lowest BCUT2D eigenvalue weighted by atomic mass is 10.2. The van der Waals surface area contributed by atoms with Gasteiger partial charge in [-0.3, -0.25) is 14.9 Å². The van der Waals surface area contributed by atoms with Gasteiger partial charge in [0.2, 0.25) is 0 Å². The Balaban J connectivity index is 1.51. The number of imidazole rings is 1. The van der Waals surface area contributed by atoms with E-state index in [4.69, 9.17) is 0 Å². The number of thioether (sulfide) groups is 1. The van der Waals surface area contributed by atoms with E-state index in [1.807, 2.05) is 35.9 Å². The summed E-state index contributed by atoms with van der Waals surface area (Å²) >= 11 is 1.32. The number of fused-ring (bicyclic) bond motifs is 1. The first kappa shape index (κ1) is 19.3. The number of allylic oxidation sites excluding steroid dienone is 1. The maximum Gasteiger partial charge on any atom is 0.276 e. The lowest BCUT2D eigenvalue weighted by Gasteiger charge is -2.01. The van der Waals surface area contributed by atoms with Crippen LogP contribution in [0.1, 0.15) is 5.56 Å². The predicted molar refractivity (Wildman–Crippen MR) is 110 cm³/mol. The summed E-state index contributed by atoms with van der Waals surface area (Å²) in [5, 5.41) is 15.5. The van der Waals surface area contributed by atoms with Gasteiger partial charge >= 0.3 is 0 Å². The van der Waals surface area contributed by atoms with E-state index in [9.17, 15) is 14.9 Å². The smallest absolute Gasteiger partial charge is 0.276 e. The third kappa shape index (κ3) is 4.63. The third-order valence-electron chi connectivity index (χ3n) is 3.84.